The van der Waals surface area contributed by atoms with Gasteiger partial charge in [-0.15, -0.1) is 5.10 Å². The van der Waals surface area contributed by atoms with Crippen molar-refractivity contribution in [2.75, 3.05) is 13.2 Å². The second-order valence-electron chi connectivity index (χ2n) is 17.7. The van der Waals surface area contributed by atoms with Crippen molar-refractivity contribution < 1.29 is 14.6 Å². The summed E-state index contributed by atoms with van der Waals surface area (Å²) in [5, 5.41) is 22.9. The van der Waals surface area contributed by atoms with Gasteiger partial charge in [-0.05, 0) is 143 Å². The van der Waals surface area contributed by atoms with Gasteiger partial charge in [-0.3, -0.25) is 4.79 Å². The van der Waals surface area contributed by atoms with Crippen LogP contribution in [0.4, 0.5) is 0 Å². The minimum atomic E-state index is -0.165. The van der Waals surface area contributed by atoms with E-state index in [9.17, 15) is 9.90 Å². The molecule has 7 nitrogen and oxygen atoms in total. The number of nitrogens with one attached hydrogen (secondary N) is 1. The second-order valence-corrected chi connectivity index (χ2v) is 17.7. The molecule has 0 unspecified atom stereocenters. The lowest BCUT2D eigenvalue weighted by molar-refractivity contribution is -0.227. The highest BCUT2D eigenvalue weighted by atomic mass is 16.5. The van der Waals surface area contributed by atoms with Crippen LogP contribution in [0.1, 0.15) is 106 Å². The van der Waals surface area contributed by atoms with E-state index >= 15 is 0 Å². The van der Waals surface area contributed by atoms with Gasteiger partial charge >= 0.3 is 5.97 Å². The number of ether oxygens (including phenoxy) is 1. The summed E-state index contributed by atoms with van der Waals surface area (Å²) in [6, 6.07) is 7.18. The molecule has 5 aliphatic rings. The van der Waals surface area contributed by atoms with Gasteiger partial charge in [0.15, 0.2) is 0 Å². The first kappa shape index (κ1) is 32.9. The quantitative estimate of drug-likeness (QED) is 0.244. The number of carbonyl (C=O) groups excluding carboxylic acids is 1. The van der Waals surface area contributed by atoms with Crippen molar-refractivity contribution in [3.05, 3.63) is 42.6 Å². The molecule has 0 spiro atoms. The van der Waals surface area contributed by atoms with E-state index in [1.807, 2.05) is 23.0 Å². The van der Waals surface area contributed by atoms with Crippen molar-refractivity contribution >= 4 is 5.97 Å². The SMILES string of the molecule is C=C(Cn1cc(-c2cccc(O)c2)nn1)[C@@H]1CC[C@]2(COC(C)=O)CC[C@]3(C)[C@H](CC[C@@H]4[C@@]5(C)CCCNC(C)(C)[C@@H]5CC[C@]43C)[C@@H]12. The number of phenols is 1. The molecule has 2 heterocycles. The molecule has 7 heteroatoms. The molecule has 4 saturated carbocycles. The molecule has 256 valence electrons. The molecule has 1 aliphatic heterocycles. The van der Waals surface area contributed by atoms with Crippen molar-refractivity contribution in [2.24, 2.45) is 51.2 Å². The average Bonchev–Trinajstić information content (AvgIpc) is 3.61. The largest absolute Gasteiger partial charge is 0.508 e. The zero-order chi connectivity index (χ0) is 33.4. The summed E-state index contributed by atoms with van der Waals surface area (Å²) in [7, 11) is 0. The fourth-order valence-corrected chi connectivity index (χ4v) is 13.1. The van der Waals surface area contributed by atoms with E-state index < -0.39 is 0 Å². The fraction of sp³-hybridized carbons (Fsp3) is 0.725. The Morgan fingerprint density at radius 2 is 1.83 bits per heavy atom. The molecule has 0 amide bonds. The molecule has 1 saturated heterocycles. The number of nitrogens with zero attached hydrogens (tertiary/aromatic N) is 3. The summed E-state index contributed by atoms with van der Waals surface area (Å²) in [5.41, 5.74) is 3.87. The number of hydrogen-bond acceptors (Lipinski definition) is 6. The molecule has 47 heavy (non-hydrogen) atoms. The van der Waals surface area contributed by atoms with Crippen LogP contribution in [0, 0.1) is 51.2 Å². The van der Waals surface area contributed by atoms with Crippen molar-refractivity contribution in [1.82, 2.24) is 20.3 Å². The number of benzene rings is 1. The van der Waals surface area contributed by atoms with Gasteiger partial charge in [-0.2, -0.15) is 0 Å². The maximum atomic E-state index is 12.2. The Hall–Kier alpha value is -2.67. The van der Waals surface area contributed by atoms with Crippen LogP contribution in [0.3, 0.4) is 0 Å². The van der Waals surface area contributed by atoms with E-state index in [-0.39, 0.29) is 33.5 Å². The van der Waals surface area contributed by atoms with Crippen molar-refractivity contribution in [1.29, 1.82) is 0 Å². The minimum absolute atomic E-state index is 0.0110. The summed E-state index contributed by atoms with van der Waals surface area (Å²) in [6.07, 6.45) is 14.3. The van der Waals surface area contributed by atoms with Crippen LogP contribution >= 0.6 is 0 Å². The molecule has 0 bridgehead atoms. The highest BCUT2D eigenvalue weighted by Gasteiger charge is 2.70. The Bertz CT molecular complexity index is 1530. The van der Waals surface area contributed by atoms with Gasteiger partial charge in [0.05, 0.1) is 19.3 Å². The Kier molecular flexibility index (Phi) is 8.01. The molecule has 7 rings (SSSR count). The number of aromatic nitrogens is 3. The number of esters is 1. The summed E-state index contributed by atoms with van der Waals surface area (Å²) < 4.78 is 7.85. The third-order valence-corrected chi connectivity index (χ3v) is 15.3. The molecule has 9 atom stereocenters. The van der Waals surface area contributed by atoms with Gasteiger partial charge in [-0.25, -0.2) is 4.68 Å². The van der Waals surface area contributed by atoms with Crippen molar-refractivity contribution in [3.8, 4) is 17.0 Å². The summed E-state index contributed by atoms with van der Waals surface area (Å²) >= 11 is 0. The standard InChI is InChI=1S/C40H58N4O3/c1-26(23-44-24-32(42-43-44)28-10-8-11-29(46)22-28)30-14-18-40(25-47-27(2)45)20-19-38(6)31(35(30)40)12-13-34-37(5)16-9-21-41-36(3,4)33(37)15-17-39(34,38)7/h8,10-11,22,24,30-31,33-35,41,46H,1,9,12-21,23,25H2,2-7H3/t30-,31+,33-,34+,35+,37-,38+,39+,40+/m0/s1. The molecular formula is C40H58N4O3. The van der Waals surface area contributed by atoms with Gasteiger partial charge in [0.25, 0.3) is 0 Å². The normalized spacial score (nSPS) is 40.7. The highest BCUT2D eigenvalue weighted by molar-refractivity contribution is 5.66. The minimum Gasteiger partial charge on any atom is -0.508 e. The molecule has 1 aromatic carbocycles. The number of carbonyl (C=O) groups is 1. The summed E-state index contributed by atoms with van der Waals surface area (Å²) in [5.74, 6) is 2.87. The number of rotatable bonds is 6. The van der Waals surface area contributed by atoms with Gasteiger partial charge in [0.2, 0.25) is 0 Å². The number of aromatic hydroxyl groups is 1. The van der Waals surface area contributed by atoms with Crippen LogP contribution < -0.4 is 5.32 Å². The summed E-state index contributed by atoms with van der Waals surface area (Å²) in [4.78, 5) is 12.2. The molecule has 1 aromatic heterocycles. The maximum Gasteiger partial charge on any atom is 0.302 e. The molecule has 2 N–H and O–H groups in total. The zero-order valence-corrected chi connectivity index (χ0v) is 29.8. The lowest BCUT2D eigenvalue weighted by atomic mass is 9.33. The van der Waals surface area contributed by atoms with Crippen molar-refractivity contribution in [2.45, 2.75) is 118 Å². The van der Waals surface area contributed by atoms with Crippen LogP contribution in [-0.2, 0) is 16.1 Å². The second kappa shape index (κ2) is 11.5. The predicted molar refractivity (Wildman–Crippen MR) is 185 cm³/mol. The summed E-state index contributed by atoms with van der Waals surface area (Å²) in [6.45, 7) is 21.6. The van der Waals surface area contributed by atoms with E-state index in [0.717, 1.165) is 43.0 Å². The van der Waals surface area contributed by atoms with Crippen LogP contribution in [-0.4, -0.2) is 44.8 Å². The predicted octanol–water partition coefficient (Wildman–Crippen LogP) is 8.19. The first-order chi connectivity index (χ1) is 22.2. The fourth-order valence-electron chi connectivity index (χ4n) is 13.1. The lowest BCUT2D eigenvalue weighted by Gasteiger charge is -2.71. The Labute approximate surface area is 282 Å². The Balaban J connectivity index is 1.20. The average molecular weight is 643 g/mol. The van der Waals surface area contributed by atoms with E-state index in [2.05, 4.69) is 50.2 Å². The van der Waals surface area contributed by atoms with E-state index in [1.54, 1.807) is 19.1 Å². The third-order valence-electron chi connectivity index (χ3n) is 15.3. The van der Waals surface area contributed by atoms with Crippen molar-refractivity contribution in [3.63, 3.8) is 0 Å². The number of fused-ring (bicyclic) bond motifs is 7. The van der Waals surface area contributed by atoms with Gasteiger partial charge in [0.1, 0.15) is 11.4 Å². The van der Waals surface area contributed by atoms with E-state index in [4.69, 9.17) is 11.3 Å². The first-order valence-electron chi connectivity index (χ1n) is 18.5. The third kappa shape index (κ3) is 5.11. The monoisotopic (exact) mass is 642 g/mol. The van der Waals surface area contributed by atoms with E-state index in [1.165, 1.54) is 50.5 Å². The first-order valence-corrected chi connectivity index (χ1v) is 18.5. The topological polar surface area (TPSA) is 89.3 Å². The number of allylic oxidation sites excluding steroid dienone is 1. The lowest BCUT2D eigenvalue weighted by Crippen LogP contribution is -2.66. The van der Waals surface area contributed by atoms with Crippen LogP contribution in [0.5, 0.6) is 5.75 Å². The molecule has 0 radical (unpaired) electrons. The molecular weight excluding hydrogens is 584 g/mol. The van der Waals surface area contributed by atoms with Crippen LogP contribution in [0.15, 0.2) is 42.6 Å². The molecule has 5 fully saturated rings. The van der Waals surface area contributed by atoms with Gasteiger partial charge < -0.3 is 15.2 Å². The number of phenolic OH excluding ortho intramolecular Hbond substituents is 1. The maximum absolute atomic E-state index is 12.2. The molecule has 4 aliphatic carbocycles. The van der Waals surface area contributed by atoms with E-state index in [0.29, 0.717) is 42.2 Å². The van der Waals surface area contributed by atoms with Crippen LogP contribution in [0.25, 0.3) is 11.3 Å². The molecule has 2 aromatic rings. The highest BCUT2D eigenvalue weighted by Crippen LogP contribution is 2.76. The Morgan fingerprint density at radius 3 is 2.60 bits per heavy atom. The smallest absolute Gasteiger partial charge is 0.302 e. The van der Waals surface area contributed by atoms with Crippen LogP contribution in [0.2, 0.25) is 0 Å². The van der Waals surface area contributed by atoms with Gasteiger partial charge in [-0.1, -0.05) is 50.3 Å². The zero-order valence-electron chi connectivity index (χ0n) is 29.8. The van der Waals surface area contributed by atoms with Gasteiger partial charge in [0, 0.05) is 23.4 Å². The number of hydrogen-bond donors (Lipinski definition) is 2. The Morgan fingerprint density at radius 1 is 1.02 bits per heavy atom.